The van der Waals surface area contributed by atoms with E-state index in [1.165, 1.54) is 16.4 Å². The fourth-order valence-corrected chi connectivity index (χ4v) is 4.07. The van der Waals surface area contributed by atoms with Crippen molar-refractivity contribution in [2.45, 2.75) is 31.6 Å². The summed E-state index contributed by atoms with van der Waals surface area (Å²) in [4.78, 5) is 14.1. The van der Waals surface area contributed by atoms with E-state index >= 15 is 0 Å². The lowest BCUT2D eigenvalue weighted by atomic mass is 10.1. The standard InChI is InChI=1S/C16H23FN2O3S/c1-3-13(2)16(20)18-9-4-10-19(12-11-18)23(21,22)15-7-5-14(17)6-8-15/h5-8,13H,3-4,9-12H2,1-2H3. The van der Waals surface area contributed by atoms with Gasteiger partial charge in [-0.3, -0.25) is 4.79 Å². The fraction of sp³-hybridized carbons (Fsp3) is 0.562. The zero-order chi connectivity index (χ0) is 17.0. The summed E-state index contributed by atoms with van der Waals surface area (Å²) in [6.07, 6.45) is 1.37. The predicted molar refractivity (Wildman–Crippen MR) is 85.8 cm³/mol. The van der Waals surface area contributed by atoms with Gasteiger partial charge in [-0.05, 0) is 37.1 Å². The zero-order valence-corrected chi connectivity index (χ0v) is 14.4. The summed E-state index contributed by atoms with van der Waals surface area (Å²) in [6.45, 7) is 5.44. The van der Waals surface area contributed by atoms with Crippen LogP contribution in [0.2, 0.25) is 0 Å². The quantitative estimate of drug-likeness (QED) is 0.842. The lowest BCUT2D eigenvalue weighted by Crippen LogP contribution is -2.39. The Bertz CT molecular complexity index is 646. The summed E-state index contributed by atoms with van der Waals surface area (Å²) >= 11 is 0. The van der Waals surface area contributed by atoms with Crippen molar-refractivity contribution in [3.8, 4) is 0 Å². The SMILES string of the molecule is CCC(C)C(=O)N1CCCN(S(=O)(=O)c2ccc(F)cc2)CC1. The maximum absolute atomic E-state index is 13.0. The largest absolute Gasteiger partial charge is 0.341 e. The predicted octanol–water partition coefficient (Wildman–Crippen LogP) is 2.09. The first-order chi connectivity index (χ1) is 10.9. The maximum Gasteiger partial charge on any atom is 0.243 e. The van der Waals surface area contributed by atoms with E-state index in [1.54, 1.807) is 4.90 Å². The molecular formula is C16H23FN2O3S. The van der Waals surface area contributed by atoms with Crippen molar-refractivity contribution in [1.82, 2.24) is 9.21 Å². The molecule has 23 heavy (non-hydrogen) atoms. The highest BCUT2D eigenvalue weighted by Gasteiger charge is 2.29. The van der Waals surface area contributed by atoms with Crippen LogP contribution >= 0.6 is 0 Å². The second-order valence-corrected chi connectivity index (χ2v) is 7.78. The Morgan fingerprint density at radius 3 is 2.43 bits per heavy atom. The molecule has 1 saturated heterocycles. The van der Waals surface area contributed by atoms with Crippen LogP contribution < -0.4 is 0 Å². The van der Waals surface area contributed by atoms with Crippen LogP contribution in [0.5, 0.6) is 0 Å². The maximum atomic E-state index is 13.0. The van der Waals surface area contributed by atoms with Gasteiger partial charge in [0.05, 0.1) is 4.90 Å². The van der Waals surface area contributed by atoms with Crippen molar-refractivity contribution in [2.24, 2.45) is 5.92 Å². The molecule has 1 heterocycles. The molecule has 1 fully saturated rings. The minimum absolute atomic E-state index is 0.0461. The van der Waals surface area contributed by atoms with Crippen LogP contribution in [0.15, 0.2) is 29.2 Å². The number of hydrogen-bond acceptors (Lipinski definition) is 3. The number of halogens is 1. The van der Waals surface area contributed by atoms with Gasteiger partial charge in [0.2, 0.25) is 15.9 Å². The Hall–Kier alpha value is -1.47. The highest BCUT2D eigenvalue weighted by molar-refractivity contribution is 7.89. The van der Waals surface area contributed by atoms with Gasteiger partial charge in [-0.15, -0.1) is 0 Å². The number of benzene rings is 1. The molecule has 0 bridgehead atoms. The van der Waals surface area contributed by atoms with Crippen LogP contribution in [0.1, 0.15) is 26.7 Å². The van der Waals surface area contributed by atoms with E-state index in [4.69, 9.17) is 0 Å². The summed E-state index contributed by atoms with van der Waals surface area (Å²) in [7, 11) is -3.65. The van der Waals surface area contributed by atoms with E-state index in [0.29, 0.717) is 26.1 Å². The average Bonchev–Trinajstić information content (AvgIpc) is 2.80. The van der Waals surface area contributed by atoms with Gasteiger partial charge < -0.3 is 4.90 Å². The molecule has 0 N–H and O–H groups in total. The van der Waals surface area contributed by atoms with Gasteiger partial charge in [0, 0.05) is 32.1 Å². The lowest BCUT2D eigenvalue weighted by molar-refractivity contribution is -0.134. The summed E-state index contributed by atoms with van der Waals surface area (Å²) in [5, 5.41) is 0. The van der Waals surface area contributed by atoms with E-state index in [0.717, 1.165) is 18.6 Å². The van der Waals surface area contributed by atoms with Gasteiger partial charge in [0.25, 0.3) is 0 Å². The minimum atomic E-state index is -3.65. The average molecular weight is 342 g/mol. The van der Waals surface area contributed by atoms with Crippen molar-refractivity contribution in [2.75, 3.05) is 26.2 Å². The molecule has 0 spiro atoms. The Balaban J connectivity index is 2.10. The molecule has 1 unspecified atom stereocenters. The van der Waals surface area contributed by atoms with Crippen molar-refractivity contribution in [3.05, 3.63) is 30.1 Å². The molecule has 128 valence electrons. The minimum Gasteiger partial charge on any atom is -0.341 e. The van der Waals surface area contributed by atoms with E-state index in [1.807, 2.05) is 13.8 Å². The molecule has 7 heteroatoms. The number of amides is 1. The molecule has 1 aromatic rings. The van der Waals surface area contributed by atoms with Crippen LogP contribution in [0.25, 0.3) is 0 Å². The van der Waals surface area contributed by atoms with Gasteiger partial charge in [-0.2, -0.15) is 4.31 Å². The molecule has 0 saturated carbocycles. The highest BCUT2D eigenvalue weighted by Crippen LogP contribution is 2.19. The van der Waals surface area contributed by atoms with E-state index in [-0.39, 0.29) is 23.3 Å². The van der Waals surface area contributed by atoms with E-state index in [9.17, 15) is 17.6 Å². The van der Waals surface area contributed by atoms with Crippen molar-refractivity contribution in [1.29, 1.82) is 0 Å². The van der Waals surface area contributed by atoms with Gasteiger partial charge in [0.15, 0.2) is 0 Å². The molecule has 0 aromatic heterocycles. The van der Waals surface area contributed by atoms with Gasteiger partial charge >= 0.3 is 0 Å². The Morgan fingerprint density at radius 1 is 1.17 bits per heavy atom. The van der Waals surface area contributed by atoms with E-state index < -0.39 is 15.8 Å². The molecule has 1 atom stereocenters. The molecule has 1 amide bonds. The number of rotatable bonds is 4. The lowest BCUT2D eigenvalue weighted by Gasteiger charge is -2.24. The third-order valence-corrected chi connectivity index (χ3v) is 6.16. The molecule has 1 aromatic carbocycles. The number of carbonyl (C=O) groups excluding carboxylic acids is 1. The van der Waals surface area contributed by atoms with Gasteiger partial charge in [0.1, 0.15) is 5.82 Å². The molecule has 0 radical (unpaired) electrons. The molecule has 0 aliphatic carbocycles. The summed E-state index contributed by atoms with van der Waals surface area (Å²) < 4.78 is 39.6. The molecular weight excluding hydrogens is 319 g/mol. The van der Waals surface area contributed by atoms with E-state index in [2.05, 4.69) is 0 Å². The third-order valence-electron chi connectivity index (χ3n) is 4.25. The first kappa shape index (κ1) is 17.9. The Morgan fingerprint density at radius 2 is 1.83 bits per heavy atom. The summed E-state index contributed by atoms with van der Waals surface area (Å²) in [6, 6.07) is 4.84. The number of carbonyl (C=O) groups is 1. The first-order valence-electron chi connectivity index (χ1n) is 7.90. The number of hydrogen-bond donors (Lipinski definition) is 0. The first-order valence-corrected chi connectivity index (χ1v) is 9.34. The third kappa shape index (κ3) is 4.09. The second-order valence-electron chi connectivity index (χ2n) is 5.85. The summed E-state index contributed by atoms with van der Waals surface area (Å²) in [5.74, 6) is -0.436. The zero-order valence-electron chi connectivity index (χ0n) is 13.5. The molecule has 1 aliphatic rings. The summed E-state index contributed by atoms with van der Waals surface area (Å²) in [5.41, 5.74) is 0. The van der Waals surface area contributed by atoms with Crippen LogP contribution in [0.4, 0.5) is 4.39 Å². The monoisotopic (exact) mass is 342 g/mol. The second kappa shape index (κ2) is 7.40. The molecule has 1 aliphatic heterocycles. The van der Waals surface area contributed by atoms with Crippen molar-refractivity contribution in [3.63, 3.8) is 0 Å². The fourth-order valence-electron chi connectivity index (χ4n) is 2.60. The van der Waals surface area contributed by atoms with Crippen LogP contribution in [-0.2, 0) is 14.8 Å². The van der Waals surface area contributed by atoms with Crippen LogP contribution in [0.3, 0.4) is 0 Å². The highest BCUT2D eigenvalue weighted by atomic mass is 32.2. The normalized spacial score (nSPS) is 18.5. The van der Waals surface area contributed by atoms with Crippen molar-refractivity contribution >= 4 is 15.9 Å². The Kier molecular flexibility index (Phi) is 5.75. The number of sulfonamides is 1. The Labute approximate surface area is 137 Å². The molecule has 2 rings (SSSR count). The molecule has 5 nitrogen and oxygen atoms in total. The van der Waals surface area contributed by atoms with Gasteiger partial charge in [-0.25, -0.2) is 12.8 Å². The van der Waals surface area contributed by atoms with Crippen LogP contribution in [-0.4, -0.2) is 49.7 Å². The smallest absolute Gasteiger partial charge is 0.243 e. The van der Waals surface area contributed by atoms with Gasteiger partial charge in [-0.1, -0.05) is 13.8 Å². The topological polar surface area (TPSA) is 57.7 Å². The van der Waals surface area contributed by atoms with Crippen molar-refractivity contribution < 1.29 is 17.6 Å². The number of nitrogens with zero attached hydrogens (tertiary/aromatic N) is 2. The van der Waals surface area contributed by atoms with Crippen LogP contribution in [0, 0.1) is 11.7 Å².